The summed E-state index contributed by atoms with van der Waals surface area (Å²) >= 11 is 3.13. The summed E-state index contributed by atoms with van der Waals surface area (Å²) in [7, 11) is 0. The Morgan fingerprint density at radius 3 is 2.42 bits per heavy atom. The Morgan fingerprint density at radius 2 is 1.95 bits per heavy atom. The fraction of sp³-hybridized carbons (Fsp3) is 0.0833. The highest BCUT2D eigenvalue weighted by Crippen LogP contribution is 2.37. The molecule has 1 aromatic heterocycles. The molecule has 1 N–H and O–H groups in total. The van der Waals surface area contributed by atoms with Crippen molar-refractivity contribution in [2.24, 2.45) is 0 Å². The highest BCUT2D eigenvalue weighted by Gasteiger charge is 2.35. The number of hydrogen-bond acceptors (Lipinski definition) is 2. The van der Waals surface area contributed by atoms with Gasteiger partial charge in [0.15, 0.2) is 0 Å². The van der Waals surface area contributed by atoms with Crippen LogP contribution in [0.3, 0.4) is 0 Å². The SMILES string of the molecule is O=C(O)c1ccc(-c2occc2Br)cc1C(F)(F)F. The molecular weight excluding hydrogens is 329 g/mol. The number of carboxylic acids is 1. The number of aromatic carboxylic acids is 1. The Kier molecular flexibility index (Phi) is 3.40. The first-order chi connectivity index (χ1) is 8.80. The summed E-state index contributed by atoms with van der Waals surface area (Å²) in [6, 6.07) is 4.47. The lowest BCUT2D eigenvalue weighted by atomic mass is 10.0. The molecule has 0 amide bonds. The minimum absolute atomic E-state index is 0.147. The molecule has 19 heavy (non-hydrogen) atoms. The lowest BCUT2D eigenvalue weighted by molar-refractivity contribution is -0.138. The quantitative estimate of drug-likeness (QED) is 0.884. The molecule has 0 aliphatic carbocycles. The van der Waals surface area contributed by atoms with E-state index in [2.05, 4.69) is 15.9 Å². The number of hydrogen-bond donors (Lipinski definition) is 1. The highest BCUT2D eigenvalue weighted by atomic mass is 79.9. The van der Waals surface area contributed by atoms with E-state index < -0.39 is 23.3 Å². The molecule has 0 spiro atoms. The van der Waals surface area contributed by atoms with Gasteiger partial charge < -0.3 is 9.52 Å². The van der Waals surface area contributed by atoms with Crippen LogP contribution in [0.5, 0.6) is 0 Å². The third kappa shape index (κ3) is 2.65. The summed E-state index contributed by atoms with van der Waals surface area (Å²) in [5.74, 6) is -1.42. The van der Waals surface area contributed by atoms with Crippen molar-refractivity contribution in [3.63, 3.8) is 0 Å². The molecule has 0 radical (unpaired) electrons. The molecule has 0 atom stereocenters. The van der Waals surface area contributed by atoms with Crippen LogP contribution >= 0.6 is 15.9 Å². The minimum Gasteiger partial charge on any atom is -0.478 e. The molecule has 0 saturated heterocycles. The van der Waals surface area contributed by atoms with Crippen LogP contribution in [-0.2, 0) is 6.18 Å². The van der Waals surface area contributed by atoms with Gasteiger partial charge in [-0.3, -0.25) is 0 Å². The third-order valence-corrected chi connectivity index (χ3v) is 3.06. The van der Waals surface area contributed by atoms with E-state index in [1.54, 1.807) is 0 Å². The normalized spacial score (nSPS) is 11.6. The summed E-state index contributed by atoms with van der Waals surface area (Å²) in [4.78, 5) is 10.8. The topological polar surface area (TPSA) is 50.4 Å². The third-order valence-electron chi connectivity index (χ3n) is 2.43. The van der Waals surface area contributed by atoms with E-state index in [4.69, 9.17) is 9.52 Å². The number of benzene rings is 1. The lowest BCUT2D eigenvalue weighted by Gasteiger charge is -2.11. The summed E-state index contributed by atoms with van der Waals surface area (Å²) in [5.41, 5.74) is -1.85. The molecule has 7 heteroatoms. The second-order valence-electron chi connectivity index (χ2n) is 3.66. The molecule has 0 bridgehead atoms. The Balaban J connectivity index is 2.63. The standard InChI is InChI=1S/C12H6BrF3O3/c13-9-3-4-19-10(9)6-1-2-7(11(17)18)8(5-6)12(14,15)16/h1-5H,(H,17,18). The van der Waals surface area contributed by atoms with Crippen LogP contribution in [0, 0.1) is 0 Å². The predicted octanol–water partition coefficient (Wildman–Crippen LogP) is 4.43. The monoisotopic (exact) mass is 334 g/mol. The smallest absolute Gasteiger partial charge is 0.417 e. The maximum Gasteiger partial charge on any atom is 0.417 e. The van der Waals surface area contributed by atoms with Crippen molar-refractivity contribution in [1.29, 1.82) is 0 Å². The van der Waals surface area contributed by atoms with Crippen LogP contribution in [0.4, 0.5) is 13.2 Å². The van der Waals surface area contributed by atoms with Gasteiger partial charge >= 0.3 is 12.1 Å². The second kappa shape index (κ2) is 4.73. The zero-order valence-electron chi connectivity index (χ0n) is 9.16. The van der Waals surface area contributed by atoms with Gasteiger partial charge in [0, 0.05) is 5.56 Å². The van der Waals surface area contributed by atoms with Gasteiger partial charge in [-0.2, -0.15) is 13.2 Å². The molecule has 0 fully saturated rings. The van der Waals surface area contributed by atoms with Crippen LogP contribution in [0.1, 0.15) is 15.9 Å². The summed E-state index contributed by atoms with van der Waals surface area (Å²) in [6.45, 7) is 0. The average molecular weight is 335 g/mol. The van der Waals surface area contributed by atoms with Crippen LogP contribution in [-0.4, -0.2) is 11.1 Å². The van der Waals surface area contributed by atoms with E-state index in [1.165, 1.54) is 18.4 Å². The van der Waals surface area contributed by atoms with Gasteiger partial charge in [0.25, 0.3) is 0 Å². The molecule has 0 aliphatic heterocycles. The maximum atomic E-state index is 12.8. The lowest BCUT2D eigenvalue weighted by Crippen LogP contribution is -2.12. The number of alkyl halides is 3. The number of carbonyl (C=O) groups is 1. The summed E-state index contributed by atoms with van der Waals surface area (Å²) < 4.78 is 44.0. The molecule has 100 valence electrons. The van der Waals surface area contributed by atoms with Crippen molar-refractivity contribution in [3.05, 3.63) is 46.1 Å². The van der Waals surface area contributed by atoms with Crippen LogP contribution in [0.15, 0.2) is 39.4 Å². The molecule has 2 aromatic rings. The van der Waals surface area contributed by atoms with Gasteiger partial charge in [-0.05, 0) is 34.1 Å². The van der Waals surface area contributed by atoms with E-state index in [-0.39, 0.29) is 11.3 Å². The van der Waals surface area contributed by atoms with Crippen molar-refractivity contribution >= 4 is 21.9 Å². The largest absolute Gasteiger partial charge is 0.478 e. The number of furan rings is 1. The molecule has 0 unspecified atom stereocenters. The Morgan fingerprint density at radius 1 is 1.26 bits per heavy atom. The number of rotatable bonds is 2. The van der Waals surface area contributed by atoms with Gasteiger partial charge in [-0.25, -0.2) is 4.79 Å². The van der Waals surface area contributed by atoms with E-state index in [0.29, 0.717) is 4.47 Å². The number of carboxylic acid groups (broad SMARTS) is 1. The molecule has 0 aliphatic rings. The van der Waals surface area contributed by atoms with Gasteiger partial charge in [0.1, 0.15) is 5.76 Å². The summed E-state index contributed by atoms with van der Waals surface area (Å²) in [6.07, 6.45) is -3.43. The molecule has 1 aromatic carbocycles. The Hall–Kier alpha value is -1.76. The number of halogens is 4. The van der Waals surface area contributed by atoms with E-state index >= 15 is 0 Å². The summed E-state index contributed by atoms with van der Waals surface area (Å²) in [5, 5.41) is 8.77. The van der Waals surface area contributed by atoms with Crippen LogP contribution in [0.2, 0.25) is 0 Å². The van der Waals surface area contributed by atoms with Crippen molar-refractivity contribution in [1.82, 2.24) is 0 Å². The van der Waals surface area contributed by atoms with Gasteiger partial charge in [-0.1, -0.05) is 6.07 Å². The zero-order chi connectivity index (χ0) is 14.2. The van der Waals surface area contributed by atoms with Crippen molar-refractivity contribution < 1.29 is 27.5 Å². The van der Waals surface area contributed by atoms with Gasteiger partial charge in [0.2, 0.25) is 0 Å². The maximum absolute atomic E-state index is 12.8. The fourth-order valence-corrected chi connectivity index (χ4v) is 2.04. The molecule has 1 heterocycles. The predicted molar refractivity (Wildman–Crippen MR) is 63.8 cm³/mol. The Bertz CT molecular complexity index is 631. The first kappa shape index (κ1) is 13.7. The van der Waals surface area contributed by atoms with E-state index in [1.807, 2.05) is 0 Å². The minimum atomic E-state index is -4.75. The van der Waals surface area contributed by atoms with Crippen molar-refractivity contribution in [2.45, 2.75) is 6.18 Å². The first-order valence-corrected chi connectivity index (χ1v) is 5.78. The zero-order valence-corrected chi connectivity index (χ0v) is 10.7. The molecular formula is C12H6BrF3O3. The second-order valence-corrected chi connectivity index (χ2v) is 4.52. The van der Waals surface area contributed by atoms with Crippen LogP contribution in [0.25, 0.3) is 11.3 Å². The molecule has 2 rings (SSSR count). The van der Waals surface area contributed by atoms with E-state index in [9.17, 15) is 18.0 Å². The first-order valence-electron chi connectivity index (χ1n) is 4.98. The van der Waals surface area contributed by atoms with Gasteiger partial charge in [0.05, 0.1) is 21.9 Å². The molecule has 3 nitrogen and oxygen atoms in total. The average Bonchev–Trinajstić information content (AvgIpc) is 2.73. The highest BCUT2D eigenvalue weighted by molar-refractivity contribution is 9.10. The molecule has 0 saturated carbocycles. The van der Waals surface area contributed by atoms with Crippen molar-refractivity contribution in [2.75, 3.05) is 0 Å². The van der Waals surface area contributed by atoms with E-state index in [0.717, 1.165) is 12.1 Å². The fourth-order valence-electron chi connectivity index (χ4n) is 1.61. The van der Waals surface area contributed by atoms with Gasteiger partial charge in [-0.15, -0.1) is 0 Å². The van der Waals surface area contributed by atoms with Crippen molar-refractivity contribution in [3.8, 4) is 11.3 Å². The Labute approximate surface area is 113 Å². The van der Waals surface area contributed by atoms with Crippen LogP contribution < -0.4 is 0 Å².